The average Bonchev–Trinajstić information content (AvgIpc) is 2.46. The fraction of sp³-hybridized carbons (Fsp3) is 0.143. The van der Waals surface area contributed by atoms with Gasteiger partial charge in [-0.05, 0) is 46.9 Å². The lowest BCUT2D eigenvalue weighted by atomic mass is 10.2. The first-order valence-corrected chi connectivity index (χ1v) is 6.70. The van der Waals surface area contributed by atoms with E-state index in [9.17, 15) is 4.79 Å². The number of ether oxygens (including phenoxy) is 2. The second-order valence-corrected chi connectivity index (χ2v) is 4.87. The van der Waals surface area contributed by atoms with Crippen LogP contribution in [0.4, 0.5) is 0 Å². The van der Waals surface area contributed by atoms with Gasteiger partial charge in [0.05, 0.1) is 21.9 Å². The monoisotopic (exact) mass is 369 g/mol. The third-order valence-corrected chi connectivity index (χ3v) is 3.39. The molecule has 0 aliphatic rings. The molecule has 0 atom stereocenters. The highest BCUT2D eigenvalue weighted by molar-refractivity contribution is 14.1. The van der Waals surface area contributed by atoms with Gasteiger partial charge >= 0.3 is 5.97 Å². The summed E-state index contributed by atoms with van der Waals surface area (Å²) in [7, 11) is 1.35. The van der Waals surface area contributed by atoms with Crippen LogP contribution >= 0.6 is 22.6 Å². The SMILES string of the molecule is COC(=O)c1cccnc1COc1ccccc1I. The van der Waals surface area contributed by atoms with Crippen molar-refractivity contribution in [1.29, 1.82) is 0 Å². The number of carbonyl (C=O) groups excluding carboxylic acids is 1. The number of nitrogens with zero attached hydrogens (tertiary/aromatic N) is 1. The molecule has 0 aliphatic heterocycles. The lowest BCUT2D eigenvalue weighted by molar-refractivity contribution is 0.0597. The molecule has 0 aliphatic carbocycles. The number of para-hydroxylation sites is 1. The van der Waals surface area contributed by atoms with E-state index in [4.69, 9.17) is 9.47 Å². The molecule has 0 radical (unpaired) electrons. The van der Waals surface area contributed by atoms with Gasteiger partial charge < -0.3 is 9.47 Å². The molecule has 0 fully saturated rings. The smallest absolute Gasteiger partial charge is 0.339 e. The summed E-state index contributed by atoms with van der Waals surface area (Å²) in [6.07, 6.45) is 1.63. The summed E-state index contributed by atoms with van der Waals surface area (Å²) in [5.74, 6) is 0.360. The molecule has 1 heterocycles. The van der Waals surface area contributed by atoms with Gasteiger partial charge in [0, 0.05) is 6.20 Å². The Bertz CT molecular complexity index is 586. The van der Waals surface area contributed by atoms with Crippen molar-refractivity contribution in [2.75, 3.05) is 7.11 Å². The molecule has 4 nitrogen and oxygen atoms in total. The molecule has 1 aromatic heterocycles. The number of rotatable bonds is 4. The Labute approximate surface area is 124 Å². The van der Waals surface area contributed by atoms with Gasteiger partial charge in [-0.2, -0.15) is 0 Å². The number of hydrogen-bond donors (Lipinski definition) is 0. The molecule has 19 heavy (non-hydrogen) atoms. The standard InChI is InChI=1S/C14H12INO3/c1-18-14(17)10-5-4-8-16-12(10)9-19-13-7-3-2-6-11(13)15/h2-8H,9H2,1H3. The highest BCUT2D eigenvalue weighted by atomic mass is 127. The van der Waals surface area contributed by atoms with Crippen LogP contribution in [0.3, 0.4) is 0 Å². The predicted molar refractivity (Wildman–Crippen MR) is 79.1 cm³/mol. The van der Waals surface area contributed by atoms with E-state index >= 15 is 0 Å². The van der Waals surface area contributed by atoms with Crippen molar-refractivity contribution in [2.45, 2.75) is 6.61 Å². The lowest BCUT2D eigenvalue weighted by Crippen LogP contribution is -2.10. The second-order valence-electron chi connectivity index (χ2n) is 3.71. The minimum atomic E-state index is -0.408. The molecule has 98 valence electrons. The van der Waals surface area contributed by atoms with E-state index in [-0.39, 0.29) is 6.61 Å². The summed E-state index contributed by atoms with van der Waals surface area (Å²) in [6, 6.07) is 11.0. The summed E-state index contributed by atoms with van der Waals surface area (Å²) in [5, 5.41) is 0. The number of pyridine rings is 1. The van der Waals surface area contributed by atoms with E-state index < -0.39 is 5.97 Å². The summed E-state index contributed by atoms with van der Waals surface area (Å²) >= 11 is 2.20. The highest BCUT2D eigenvalue weighted by Crippen LogP contribution is 2.21. The van der Waals surface area contributed by atoms with Crippen molar-refractivity contribution >= 4 is 28.6 Å². The molecular formula is C14H12INO3. The Hall–Kier alpha value is -1.63. The summed E-state index contributed by atoms with van der Waals surface area (Å²) in [6.45, 7) is 0.227. The van der Waals surface area contributed by atoms with Gasteiger partial charge in [0.15, 0.2) is 0 Å². The molecule has 2 aromatic rings. The van der Waals surface area contributed by atoms with E-state index in [1.54, 1.807) is 18.3 Å². The first-order chi connectivity index (χ1) is 9.22. The van der Waals surface area contributed by atoms with Crippen molar-refractivity contribution in [3.8, 4) is 5.75 Å². The van der Waals surface area contributed by atoms with Gasteiger partial charge in [-0.3, -0.25) is 4.98 Å². The van der Waals surface area contributed by atoms with E-state index in [1.165, 1.54) is 7.11 Å². The van der Waals surface area contributed by atoms with Crippen LogP contribution in [0.5, 0.6) is 5.75 Å². The molecule has 0 unspecified atom stereocenters. The molecule has 1 aromatic carbocycles. The zero-order valence-corrected chi connectivity index (χ0v) is 12.5. The molecule has 5 heteroatoms. The normalized spacial score (nSPS) is 10.0. The third kappa shape index (κ3) is 3.44. The van der Waals surface area contributed by atoms with E-state index in [2.05, 4.69) is 27.6 Å². The van der Waals surface area contributed by atoms with E-state index in [0.717, 1.165) is 9.32 Å². The fourth-order valence-electron chi connectivity index (χ4n) is 1.56. The number of esters is 1. The van der Waals surface area contributed by atoms with Crippen LogP contribution in [0.1, 0.15) is 16.1 Å². The maximum Gasteiger partial charge on any atom is 0.339 e. The Kier molecular flexibility index (Phi) is 4.73. The second kappa shape index (κ2) is 6.51. The molecule has 0 saturated carbocycles. The number of benzene rings is 1. The van der Waals surface area contributed by atoms with E-state index in [1.807, 2.05) is 24.3 Å². The number of methoxy groups -OCH3 is 1. The Morgan fingerprint density at radius 1 is 1.26 bits per heavy atom. The molecule has 2 rings (SSSR count). The zero-order valence-electron chi connectivity index (χ0n) is 10.3. The highest BCUT2D eigenvalue weighted by Gasteiger charge is 2.13. The van der Waals surface area contributed by atoms with Crippen molar-refractivity contribution in [1.82, 2.24) is 4.98 Å². The number of hydrogen-bond acceptors (Lipinski definition) is 4. The van der Waals surface area contributed by atoms with Gasteiger partial charge in [-0.15, -0.1) is 0 Å². The van der Waals surface area contributed by atoms with Crippen LogP contribution in [0, 0.1) is 3.57 Å². The number of halogens is 1. The Balaban J connectivity index is 2.16. The lowest BCUT2D eigenvalue weighted by Gasteiger charge is -2.09. The quantitative estimate of drug-likeness (QED) is 0.614. The largest absolute Gasteiger partial charge is 0.486 e. The third-order valence-electron chi connectivity index (χ3n) is 2.50. The summed E-state index contributed by atoms with van der Waals surface area (Å²) < 4.78 is 11.4. The molecular weight excluding hydrogens is 357 g/mol. The van der Waals surface area contributed by atoms with E-state index in [0.29, 0.717) is 11.3 Å². The van der Waals surface area contributed by atoms with Crippen molar-refractivity contribution in [2.24, 2.45) is 0 Å². The topological polar surface area (TPSA) is 48.4 Å². The number of aromatic nitrogens is 1. The van der Waals surface area contributed by atoms with Crippen LogP contribution in [-0.2, 0) is 11.3 Å². The number of carbonyl (C=O) groups is 1. The van der Waals surface area contributed by atoms with Crippen LogP contribution in [0.15, 0.2) is 42.6 Å². The maximum atomic E-state index is 11.6. The predicted octanol–water partition coefficient (Wildman–Crippen LogP) is 3.05. The van der Waals surface area contributed by atoms with Gasteiger partial charge in [0.25, 0.3) is 0 Å². The van der Waals surface area contributed by atoms with Crippen LogP contribution in [0.2, 0.25) is 0 Å². The Morgan fingerprint density at radius 3 is 2.79 bits per heavy atom. The fourth-order valence-corrected chi connectivity index (χ4v) is 2.10. The van der Waals surface area contributed by atoms with Crippen molar-refractivity contribution in [3.63, 3.8) is 0 Å². The first kappa shape index (κ1) is 13.8. The average molecular weight is 369 g/mol. The minimum absolute atomic E-state index is 0.227. The molecule has 0 amide bonds. The van der Waals surface area contributed by atoms with Crippen molar-refractivity contribution < 1.29 is 14.3 Å². The minimum Gasteiger partial charge on any atom is -0.486 e. The van der Waals surface area contributed by atoms with Gasteiger partial charge in [0.1, 0.15) is 12.4 Å². The van der Waals surface area contributed by atoms with Gasteiger partial charge in [0.2, 0.25) is 0 Å². The van der Waals surface area contributed by atoms with Crippen LogP contribution in [-0.4, -0.2) is 18.1 Å². The van der Waals surface area contributed by atoms with Crippen LogP contribution < -0.4 is 4.74 Å². The molecule has 0 spiro atoms. The first-order valence-electron chi connectivity index (χ1n) is 5.62. The van der Waals surface area contributed by atoms with Gasteiger partial charge in [-0.1, -0.05) is 12.1 Å². The van der Waals surface area contributed by atoms with Crippen LogP contribution in [0.25, 0.3) is 0 Å². The summed E-state index contributed by atoms with van der Waals surface area (Å²) in [5.41, 5.74) is 0.991. The van der Waals surface area contributed by atoms with Crippen molar-refractivity contribution in [3.05, 3.63) is 57.4 Å². The molecule has 0 saturated heterocycles. The van der Waals surface area contributed by atoms with Gasteiger partial charge in [-0.25, -0.2) is 4.79 Å². The zero-order chi connectivity index (χ0) is 13.7. The Morgan fingerprint density at radius 2 is 2.05 bits per heavy atom. The molecule has 0 N–H and O–H groups in total. The summed E-state index contributed by atoms with van der Waals surface area (Å²) in [4.78, 5) is 15.8. The molecule has 0 bridgehead atoms. The maximum absolute atomic E-state index is 11.6.